The lowest BCUT2D eigenvalue weighted by Crippen LogP contribution is -2.46. The number of fused-ring (bicyclic) bond motifs is 5. The number of nitrogens with zero attached hydrogens (tertiary/aromatic N) is 1. The van der Waals surface area contributed by atoms with Crippen molar-refractivity contribution in [2.24, 2.45) is 0 Å². The molecule has 1 atom stereocenters. The van der Waals surface area contributed by atoms with Crippen LogP contribution >= 0.6 is 35.8 Å². The van der Waals surface area contributed by atoms with Gasteiger partial charge in [0, 0.05) is 32.6 Å². The van der Waals surface area contributed by atoms with E-state index in [4.69, 9.17) is 24.4 Å². The average molecular weight is 574 g/mol. The van der Waals surface area contributed by atoms with Crippen LogP contribution in [-0.2, 0) is 10.8 Å². The molecule has 2 aliphatic heterocycles. The van der Waals surface area contributed by atoms with Crippen LogP contribution in [0.1, 0.15) is 59.0 Å². The fourth-order valence-electron chi connectivity index (χ4n) is 6.36. The summed E-state index contributed by atoms with van der Waals surface area (Å²) in [6.07, 6.45) is -2.64. The monoisotopic (exact) mass is 573 g/mol. The van der Waals surface area contributed by atoms with Gasteiger partial charge in [0.15, 0.2) is 0 Å². The zero-order valence-electron chi connectivity index (χ0n) is 21.3. The average Bonchev–Trinajstić information content (AvgIpc) is 3.43. The van der Waals surface area contributed by atoms with E-state index in [1.165, 1.54) is 18.3 Å². The topological polar surface area (TPSA) is 3.24 Å². The van der Waals surface area contributed by atoms with E-state index in [-0.39, 0.29) is 11.1 Å². The van der Waals surface area contributed by atoms with Gasteiger partial charge in [-0.25, -0.2) is 0 Å². The third kappa shape index (κ3) is 3.12. The van der Waals surface area contributed by atoms with Crippen LogP contribution in [-0.4, -0.2) is 15.9 Å². The fourth-order valence-corrected chi connectivity index (χ4v) is 8.33. The number of anilines is 3. The molecule has 0 bridgehead atoms. The van der Waals surface area contributed by atoms with Gasteiger partial charge >= 0.3 is 6.18 Å². The van der Waals surface area contributed by atoms with Crippen molar-refractivity contribution in [2.45, 2.75) is 37.8 Å². The smallest absolute Gasteiger partial charge is 0.301 e. The molecule has 194 valence electrons. The van der Waals surface area contributed by atoms with Crippen LogP contribution in [0.25, 0.3) is 6.08 Å². The highest BCUT2D eigenvalue weighted by Gasteiger charge is 2.60. The van der Waals surface area contributed by atoms with Gasteiger partial charge in [-0.2, -0.15) is 13.2 Å². The van der Waals surface area contributed by atoms with Gasteiger partial charge in [0.25, 0.3) is 0 Å². The summed E-state index contributed by atoms with van der Waals surface area (Å²) in [5, 5.41) is 0.580. The van der Waals surface area contributed by atoms with Crippen molar-refractivity contribution in [2.75, 3.05) is 4.90 Å². The van der Waals surface area contributed by atoms with Crippen LogP contribution < -0.4 is 4.90 Å². The summed E-state index contributed by atoms with van der Waals surface area (Å²) in [4.78, 5) is 4.01. The second kappa shape index (κ2) is 7.96. The molecular formula is C32H22F3NS3. The lowest BCUT2D eigenvalue weighted by molar-refractivity contribution is -0.173. The Bertz CT molecular complexity index is 1760. The number of thiophene rings is 1. The maximum absolute atomic E-state index is 15.2. The maximum atomic E-state index is 15.2. The maximum Gasteiger partial charge on any atom is 0.402 e. The van der Waals surface area contributed by atoms with Crippen molar-refractivity contribution in [3.63, 3.8) is 0 Å². The van der Waals surface area contributed by atoms with E-state index in [9.17, 15) is 0 Å². The van der Waals surface area contributed by atoms with Gasteiger partial charge < -0.3 is 4.90 Å². The molecule has 3 heterocycles. The highest BCUT2D eigenvalue weighted by atomic mass is 32.1. The third-order valence-electron chi connectivity index (χ3n) is 8.52. The Morgan fingerprint density at radius 2 is 1.36 bits per heavy atom. The first kappa shape index (κ1) is 24.9. The molecule has 1 aromatic heterocycles. The first-order valence-electron chi connectivity index (χ1n) is 12.6. The molecule has 7 rings (SSSR count). The van der Waals surface area contributed by atoms with Crippen molar-refractivity contribution >= 4 is 68.0 Å². The molecule has 0 N–H and O–H groups in total. The Morgan fingerprint density at radius 1 is 0.769 bits per heavy atom. The minimum Gasteiger partial charge on any atom is -0.301 e. The Morgan fingerprint density at radius 3 is 2.03 bits per heavy atom. The number of benzene rings is 3. The molecule has 3 aliphatic rings. The number of rotatable bonds is 1. The SMILES string of the molecule is CC1(C)c2ccccc2N2c3sc(C=C4C(=S)c5ccccc5C4=S)cc3C(C)(C(F)(F)F)c3cccc1c32. The molecule has 4 aromatic rings. The number of alkyl halides is 3. The van der Waals surface area contributed by atoms with Gasteiger partial charge in [0.05, 0.1) is 21.1 Å². The summed E-state index contributed by atoms with van der Waals surface area (Å²) >= 11 is 12.9. The molecule has 7 heteroatoms. The number of hydrogen-bond acceptors (Lipinski definition) is 4. The van der Waals surface area contributed by atoms with Crippen LogP contribution in [0.4, 0.5) is 29.5 Å². The summed E-state index contributed by atoms with van der Waals surface area (Å²) in [6.45, 7) is 5.49. The Kier molecular flexibility index (Phi) is 5.08. The third-order valence-corrected chi connectivity index (χ3v) is 10.5. The van der Waals surface area contributed by atoms with Crippen LogP contribution in [0.3, 0.4) is 0 Å². The largest absolute Gasteiger partial charge is 0.402 e. The highest BCUT2D eigenvalue weighted by Crippen LogP contribution is 2.64. The van der Waals surface area contributed by atoms with Crippen LogP contribution in [0.2, 0.25) is 0 Å². The van der Waals surface area contributed by atoms with Crippen LogP contribution in [0.15, 0.2) is 78.4 Å². The zero-order valence-corrected chi connectivity index (χ0v) is 23.8. The first-order valence-corrected chi connectivity index (χ1v) is 14.2. The van der Waals surface area contributed by atoms with Crippen LogP contribution in [0.5, 0.6) is 0 Å². The molecule has 3 aromatic carbocycles. The van der Waals surface area contributed by atoms with E-state index in [0.29, 0.717) is 30.9 Å². The Labute approximate surface area is 239 Å². The van der Waals surface area contributed by atoms with Gasteiger partial charge in [-0.1, -0.05) is 98.9 Å². The molecule has 1 aliphatic carbocycles. The van der Waals surface area contributed by atoms with E-state index in [1.807, 2.05) is 59.5 Å². The molecule has 0 radical (unpaired) electrons. The second-order valence-electron chi connectivity index (χ2n) is 10.9. The predicted molar refractivity (Wildman–Crippen MR) is 161 cm³/mol. The standard InChI is InChI=1S/C32H22F3NS3/c1-30(2)21-11-6-7-14-25(21)36-26-22(30)12-8-13-23(26)31(3,32(33,34)35)24-16-17(39-29(24)36)15-20-27(37)18-9-4-5-10-19(18)28(20)38/h4-16H,1-3H3. The van der Waals surface area contributed by atoms with E-state index >= 15 is 13.2 Å². The lowest BCUT2D eigenvalue weighted by atomic mass is 9.66. The molecule has 0 saturated heterocycles. The summed E-state index contributed by atoms with van der Waals surface area (Å²) in [5.41, 5.74) is 3.91. The summed E-state index contributed by atoms with van der Waals surface area (Å²) < 4.78 is 45.6. The normalized spacial score (nSPS) is 20.4. The second-order valence-corrected chi connectivity index (χ2v) is 12.8. The lowest BCUT2D eigenvalue weighted by Gasteiger charge is -2.49. The molecule has 1 nitrogen and oxygen atoms in total. The van der Waals surface area contributed by atoms with Gasteiger partial charge in [0.1, 0.15) is 10.4 Å². The van der Waals surface area contributed by atoms with Gasteiger partial charge in [-0.15, -0.1) is 11.3 Å². The summed E-state index contributed by atoms with van der Waals surface area (Å²) in [5.74, 6) is 0. The van der Waals surface area contributed by atoms with E-state index in [0.717, 1.165) is 27.9 Å². The van der Waals surface area contributed by atoms with Crippen molar-refractivity contribution in [1.29, 1.82) is 0 Å². The predicted octanol–water partition coefficient (Wildman–Crippen LogP) is 9.57. The van der Waals surface area contributed by atoms with Crippen molar-refractivity contribution in [1.82, 2.24) is 0 Å². The quantitative estimate of drug-likeness (QED) is 0.165. The van der Waals surface area contributed by atoms with Crippen molar-refractivity contribution < 1.29 is 13.2 Å². The zero-order chi connectivity index (χ0) is 27.5. The summed E-state index contributed by atoms with van der Waals surface area (Å²) in [6, 6.07) is 22.8. The van der Waals surface area contributed by atoms with E-state index < -0.39 is 17.0 Å². The Hall–Kier alpha value is -3.13. The number of halogens is 3. The number of hydrogen-bond donors (Lipinski definition) is 0. The minimum atomic E-state index is -4.51. The Balaban J connectivity index is 1.51. The van der Waals surface area contributed by atoms with Crippen LogP contribution in [0, 0.1) is 0 Å². The highest BCUT2D eigenvalue weighted by molar-refractivity contribution is 7.84. The molecule has 0 saturated carbocycles. The first-order chi connectivity index (χ1) is 18.5. The molecule has 0 fully saturated rings. The van der Waals surface area contributed by atoms with E-state index in [1.54, 1.807) is 18.2 Å². The number of thiocarbonyl (C=S) groups is 2. The molecule has 0 spiro atoms. The van der Waals surface area contributed by atoms with Gasteiger partial charge in [-0.3, -0.25) is 0 Å². The van der Waals surface area contributed by atoms with E-state index in [2.05, 4.69) is 19.9 Å². The molecular weight excluding hydrogens is 552 g/mol. The summed E-state index contributed by atoms with van der Waals surface area (Å²) in [7, 11) is 0. The van der Waals surface area contributed by atoms with Crippen molar-refractivity contribution in [3.05, 3.63) is 117 Å². The number of para-hydroxylation sites is 2. The molecule has 0 amide bonds. The minimum absolute atomic E-state index is 0.248. The van der Waals surface area contributed by atoms with Gasteiger partial charge in [-0.05, 0) is 41.8 Å². The van der Waals surface area contributed by atoms with Gasteiger partial charge in [0.2, 0.25) is 0 Å². The molecule has 1 unspecified atom stereocenters. The number of allylic oxidation sites excluding steroid dienone is 1. The van der Waals surface area contributed by atoms with Crippen molar-refractivity contribution in [3.8, 4) is 0 Å². The fraction of sp³-hybridized carbons (Fsp3) is 0.188. The molecule has 39 heavy (non-hydrogen) atoms.